The maximum atomic E-state index is 10.7. The highest BCUT2D eigenvalue weighted by atomic mass is 32.2. The van der Waals surface area contributed by atoms with Crippen LogP contribution in [0, 0.1) is 17.8 Å². The van der Waals surface area contributed by atoms with E-state index in [1.165, 1.54) is 37.4 Å². The molecule has 4 nitrogen and oxygen atoms in total. The molecule has 1 aromatic heterocycles. The number of aromatic nitrogens is 2. The third-order valence-corrected chi connectivity index (χ3v) is 5.77. The number of hydrogen-bond acceptors (Lipinski definition) is 3. The number of imidazole rings is 1. The van der Waals surface area contributed by atoms with Gasteiger partial charge in [0.05, 0.1) is 5.75 Å². The number of nitrogens with zero attached hydrogens (tertiary/aromatic N) is 2. The summed E-state index contributed by atoms with van der Waals surface area (Å²) in [7, 11) is 0. The second-order valence-electron chi connectivity index (χ2n) is 5.88. The van der Waals surface area contributed by atoms with Gasteiger partial charge in [0, 0.05) is 18.4 Å². The van der Waals surface area contributed by atoms with Crippen molar-refractivity contribution in [3.63, 3.8) is 0 Å². The number of fused-ring (bicyclic) bond motifs is 2. The van der Waals surface area contributed by atoms with E-state index in [1.807, 2.05) is 6.20 Å². The summed E-state index contributed by atoms with van der Waals surface area (Å²) in [5.74, 6) is 1.86. The Bertz CT molecular complexity index is 474. The first-order chi connectivity index (χ1) is 9.15. The van der Waals surface area contributed by atoms with Crippen LogP contribution < -0.4 is 0 Å². The van der Waals surface area contributed by atoms with Crippen molar-refractivity contribution in [1.29, 1.82) is 0 Å². The van der Waals surface area contributed by atoms with Crippen LogP contribution in [0.3, 0.4) is 0 Å². The van der Waals surface area contributed by atoms with E-state index in [0.29, 0.717) is 6.04 Å². The maximum absolute atomic E-state index is 10.7. The summed E-state index contributed by atoms with van der Waals surface area (Å²) in [5, 5.41) is 9.63. The summed E-state index contributed by atoms with van der Waals surface area (Å²) < 4.78 is 2.18. The van der Waals surface area contributed by atoms with Gasteiger partial charge in [-0.05, 0) is 43.9 Å². The van der Waals surface area contributed by atoms with Gasteiger partial charge in [0.15, 0.2) is 5.16 Å². The van der Waals surface area contributed by atoms with Crippen LogP contribution >= 0.6 is 11.8 Å². The van der Waals surface area contributed by atoms with Crippen molar-refractivity contribution < 1.29 is 9.90 Å². The molecule has 4 unspecified atom stereocenters. The summed E-state index contributed by atoms with van der Waals surface area (Å²) >= 11 is 1.32. The lowest BCUT2D eigenvalue weighted by atomic mass is 9.84. The van der Waals surface area contributed by atoms with Crippen LogP contribution in [-0.2, 0) is 4.79 Å². The molecule has 104 valence electrons. The Kier molecular flexibility index (Phi) is 3.56. The van der Waals surface area contributed by atoms with Gasteiger partial charge in [-0.25, -0.2) is 4.98 Å². The molecule has 4 atom stereocenters. The molecule has 0 spiro atoms. The molecule has 5 heteroatoms. The van der Waals surface area contributed by atoms with Crippen LogP contribution in [0.15, 0.2) is 17.6 Å². The molecule has 2 fully saturated rings. The lowest BCUT2D eigenvalue weighted by molar-refractivity contribution is -0.133. The highest BCUT2D eigenvalue weighted by Crippen LogP contribution is 2.52. The third-order valence-electron chi connectivity index (χ3n) is 4.81. The molecule has 1 heterocycles. The summed E-state index contributed by atoms with van der Waals surface area (Å²) in [5.41, 5.74) is 0. The molecule has 0 amide bonds. The topological polar surface area (TPSA) is 55.1 Å². The molecule has 3 rings (SSSR count). The summed E-state index contributed by atoms with van der Waals surface area (Å²) in [6, 6.07) is 0.439. The van der Waals surface area contributed by atoms with Gasteiger partial charge in [0.25, 0.3) is 0 Å². The maximum Gasteiger partial charge on any atom is 0.313 e. The van der Waals surface area contributed by atoms with Gasteiger partial charge in [0.1, 0.15) is 0 Å². The van der Waals surface area contributed by atoms with Crippen molar-refractivity contribution >= 4 is 17.7 Å². The van der Waals surface area contributed by atoms with Crippen molar-refractivity contribution in [2.75, 3.05) is 5.75 Å². The van der Waals surface area contributed by atoms with Gasteiger partial charge < -0.3 is 9.67 Å². The Morgan fingerprint density at radius 1 is 1.58 bits per heavy atom. The van der Waals surface area contributed by atoms with Crippen LogP contribution in [-0.4, -0.2) is 26.4 Å². The smallest absolute Gasteiger partial charge is 0.313 e. The van der Waals surface area contributed by atoms with E-state index in [-0.39, 0.29) is 5.75 Å². The number of hydrogen-bond donors (Lipinski definition) is 1. The Morgan fingerprint density at radius 3 is 3.05 bits per heavy atom. The molecule has 0 aliphatic heterocycles. The zero-order valence-electron chi connectivity index (χ0n) is 11.2. The molecule has 0 aromatic carbocycles. The number of aliphatic carboxylic acids is 1. The van der Waals surface area contributed by atoms with Crippen LogP contribution in [0.2, 0.25) is 0 Å². The first-order valence-corrected chi connectivity index (χ1v) is 8.01. The molecule has 1 N–H and O–H groups in total. The zero-order chi connectivity index (χ0) is 13.4. The molecule has 2 bridgehead atoms. The van der Waals surface area contributed by atoms with E-state index in [0.717, 1.165) is 22.9 Å². The van der Waals surface area contributed by atoms with Crippen molar-refractivity contribution in [1.82, 2.24) is 9.55 Å². The second-order valence-corrected chi connectivity index (χ2v) is 6.82. The first kappa shape index (κ1) is 13.0. The third kappa shape index (κ3) is 2.53. The largest absolute Gasteiger partial charge is 0.481 e. The van der Waals surface area contributed by atoms with Gasteiger partial charge in [0.2, 0.25) is 0 Å². The first-order valence-electron chi connectivity index (χ1n) is 7.02. The monoisotopic (exact) mass is 280 g/mol. The minimum Gasteiger partial charge on any atom is -0.481 e. The normalized spacial score (nSPS) is 30.7. The number of thioether (sulfide) groups is 1. The SMILES string of the molecule is CC(C1CC2CCC1C2)n1ccnc1SCC(=O)O. The van der Waals surface area contributed by atoms with E-state index < -0.39 is 5.97 Å². The Labute approximate surface area is 117 Å². The lowest BCUT2D eigenvalue weighted by Gasteiger charge is -2.29. The molecule has 2 aliphatic carbocycles. The van der Waals surface area contributed by atoms with Crippen molar-refractivity contribution in [3.8, 4) is 0 Å². The lowest BCUT2D eigenvalue weighted by Crippen LogP contribution is -2.22. The van der Waals surface area contributed by atoms with Crippen molar-refractivity contribution in [2.45, 2.75) is 43.8 Å². The molecule has 2 aliphatic rings. The van der Waals surface area contributed by atoms with E-state index in [1.54, 1.807) is 6.20 Å². The Morgan fingerprint density at radius 2 is 2.42 bits per heavy atom. The second kappa shape index (κ2) is 5.19. The van der Waals surface area contributed by atoms with Gasteiger partial charge in [-0.2, -0.15) is 0 Å². The number of rotatable bonds is 5. The van der Waals surface area contributed by atoms with Gasteiger partial charge in [-0.15, -0.1) is 0 Å². The standard InChI is InChI=1S/C14H20N2O2S/c1-9(12-7-10-2-3-11(12)6-10)16-5-4-15-14(16)19-8-13(17)18/h4-5,9-12H,2-3,6-8H2,1H3,(H,17,18). The molecule has 1 aromatic rings. The van der Waals surface area contributed by atoms with Crippen molar-refractivity contribution in [2.24, 2.45) is 17.8 Å². The Balaban J connectivity index is 1.71. The van der Waals surface area contributed by atoms with Gasteiger partial charge in [-0.1, -0.05) is 18.2 Å². The predicted molar refractivity (Wildman–Crippen MR) is 74.2 cm³/mol. The number of carbonyl (C=O) groups is 1. The quantitative estimate of drug-likeness (QED) is 0.842. The molecule has 19 heavy (non-hydrogen) atoms. The van der Waals surface area contributed by atoms with Crippen LogP contribution in [0.5, 0.6) is 0 Å². The summed E-state index contributed by atoms with van der Waals surface area (Å²) in [4.78, 5) is 15.0. The Hall–Kier alpha value is -0.970. The fourth-order valence-corrected chi connectivity index (χ4v) is 4.70. The highest BCUT2D eigenvalue weighted by molar-refractivity contribution is 7.99. The minimum absolute atomic E-state index is 0.0838. The fraction of sp³-hybridized carbons (Fsp3) is 0.714. The summed E-state index contributed by atoms with van der Waals surface area (Å²) in [6.45, 7) is 2.26. The van der Waals surface area contributed by atoms with Crippen molar-refractivity contribution in [3.05, 3.63) is 12.4 Å². The molecule has 2 saturated carbocycles. The van der Waals surface area contributed by atoms with E-state index in [4.69, 9.17) is 5.11 Å². The van der Waals surface area contributed by atoms with E-state index in [2.05, 4.69) is 16.5 Å². The molecular weight excluding hydrogens is 260 g/mol. The summed E-state index contributed by atoms with van der Waals surface area (Å²) in [6.07, 6.45) is 9.33. The van der Waals surface area contributed by atoms with Gasteiger partial charge in [-0.3, -0.25) is 4.79 Å². The predicted octanol–water partition coefficient (Wildman–Crippen LogP) is 3.06. The van der Waals surface area contributed by atoms with E-state index in [9.17, 15) is 4.79 Å². The highest BCUT2D eigenvalue weighted by Gasteiger charge is 2.42. The number of carboxylic acid groups (broad SMARTS) is 1. The fourth-order valence-electron chi connectivity index (χ4n) is 3.94. The van der Waals surface area contributed by atoms with Crippen LogP contribution in [0.1, 0.15) is 38.6 Å². The average molecular weight is 280 g/mol. The van der Waals surface area contributed by atoms with E-state index >= 15 is 0 Å². The average Bonchev–Trinajstić information content (AvgIpc) is 3.10. The zero-order valence-corrected chi connectivity index (χ0v) is 12.0. The van der Waals surface area contributed by atoms with Crippen LogP contribution in [0.25, 0.3) is 0 Å². The minimum atomic E-state index is -0.785. The molecule has 0 saturated heterocycles. The molecule has 0 radical (unpaired) electrons. The number of carboxylic acids is 1. The molecular formula is C14H20N2O2S. The van der Waals surface area contributed by atoms with Gasteiger partial charge >= 0.3 is 5.97 Å². The van der Waals surface area contributed by atoms with Crippen LogP contribution in [0.4, 0.5) is 0 Å².